The van der Waals surface area contributed by atoms with Crippen molar-refractivity contribution in [2.75, 3.05) is 0 Å². The van der Waals surface area contributed by atoms with Gasteiger partial charge < -0.3 is 5.73 Å². The van der Waals surface area contributed by atoms with Crippen LogP contribution >= 0.6 is 0 Å². The summed E-state index contributed by atoms with van der Waals surface area (Å²) in [5.74, 6) is -0.0680. The Balaban J connectivity index is 0.000000307. The molecule has 0 fully saturated rings. The highest BCUT2D eigenvalue weighted by Gasteiger charge is 2.03. The van der Waals surface area contributed by atoms with Gasteiger partial charge in [0.05, 0.1) is 30.8 Å². The van der Waals surface area contributed by atoms with Crippen molar-refractivity contribution in [1.29, 1.82) is 5.26 Å². The summed E-state index contributed by atoms with van der Waals surface area (Å²) in [5, 5.41) is 12.7. The van der Waals surface area contributed by atoms with Gasteiger partial charge >= 0.3 is 0 Å². The molecule has 2 aromatic carbocycles. The first-order valence-corrected chi connectivity index (χ1v) is 11.3. The maximum absolute atomic E-state index is 12.9. The first-order valence-electron chi connectivity index (χ1n) is 11.3. The minimum atomic E-state index is -0.0871. The van der Waals surface area contributed by atoms with Crippen LogP contribution in [0.5, 0.6) is 0 Å². The number of hydrogen-bond acceptors (Lipinski definition) is 4. The third-order valence-electron chi connectivity index (χ3n) is 4.80. The zero-order chi connectivity index (χ0) is 25.5. The van der Waals surface area contributed by atoms with Gasteiger partial charge in [0.2, 0.25) is 0 Å². The SMILES string of the molecule is CC(=O)c1cnn(Cc2ccc(CC#N)cc2)c1.CC(C)=CN.CCCc1ccc(C)c(F)c1. The highest BCUT2D eigenvalue weighted by Crippen LogP contribution is 2.10. The van der Waals surface area contributed by atoms with Crippen molar-refractivity contribution in [3.8, 4) is 6.07 Å². The number of hydrogen-bond donors (Lipinski definition) is 1. The van der Waals surface area contributed by atoms with Gasteiger partial charge in [-0.25, -0.2) is 4.39 Å². The zero-order valence-corrected chi connectivity index (χ0v) is 20.8. The summed E-state index contributed by atoms with van der Waals surface area (Å²) in [5.41, 5.74) is 10.7. The number of nitrogens with two attached hydrogens (primary N) is 1. The highest BCUT2D eigenvalue weighted by molar-refractivity contribution is 5.93. The van der Waals surface area contributed by atoms with Gasteiger partial charge in [-0.2, -0.15) is 10.4 Å². The summed E-state index contributed by atoms with van der Waals surface area (Å²) in [4.78, 5) is 11.1. The van der Waals surface area contributed by atoms with Crippen LogP contribution in [0.15, 0.2) is 66.6 Å². The molecule has 34 heavy (non-hydrogen) atoms. The number of nitriles is 1. The molecule has 0 aliphatic heterocycles. The molecule has 180 valence electrons. The lowest BCUT2D eigenvalue weighted by atomic mass is 10.1. The van der Waals surface area contributed by atoms with Gasteiger partial charge in [0, 0.05) is 6.20 Å². The number of allylic oxidation sites excluding steroid dienone is 1. The molecule has 0 atom stereocenters. The first-order chi connectivity index (χ1) is 16.2. The molecule has 0 aliphatic carbocycles. The molecule has 1 heterocycles. The van der Waals surface area contributed by atoms with Crippen molar-refractivity contribution in [3.63, 3.8) is 0 Å². The fraction of sp³-hybridized carbons (Fsp3) is 0.321. The number of nitrogens with zero attached hydrogens (tertiary/aromatic N) is 3. The van der Waals surface area contributed by atoms with Crippen molar-refractivity contribution < 1.29 is 9.18 Å². The van der Waals surface area contributed by atoms with Gasteiger partial charge in [0.1, 0.15) is 5.82 Å². The lowest BCUT2D eigenvalue weighted by molar-refractivity contribution is 0.101. The topological polar surface area (TPSA) is 84.7 Å². The monoisotopic (exact) mass is 462 g/mol. The number of carbonyl (C=O) groups is 1. The highest BCUT2D eigenvalue weighted by atomic mass is 19.1. The van der Waals surface area contributed by atoms with Gasteiger partial charge in [-0.15, -0.1) is 0 Å². The minimum Gasteiger partial charge on any atom is -0.405 e. The van der Waals surface area contributed by atoms with Crippen LogP contribution < -0.4 is 5.73 Å². The Morgan fingerprint density at radius 2 is 1.71 bits per heavy atom. The summed E-state index contributed by atoms with van der Waals surface area (Å²) < 4.78 is 14.6. The molecule has 6 heteroatoms. The molecule has 5 nitrogen and oxygen atoms in total. The third kappa shape index (κ3) is 10.7. The second-order valence-electron chi connectivity index (χ2n) is 8.21. The molecular formula is C28H35FN4O. The van der Waals surface area contributed by atoms with E-state index in [9.17, 15) is 9.18 Å². The number of rotatable bonds is 6. The molecule has 3 rings (SSSR count). The Morgan fingerprint density at radius 1 is 1.12 bits per heavy atom. The number of halogens is 1. The fourth-order valence-corrected chi connectivity index (χ4v) is 2.75. The van der Waals surface area contributed by atoms with Crippen LogP contribution in [-0.2, 0) is 19.4 Å². The predicted octanol–water partition coefficient (Wildman–Crippen LogP) is 6.16. The first kappa shape index (κ1) is 28.3. The van der Waals surface area contributed by atoms with Crippen LogP contribution in [0, 0.1) is 24.1 Å². The standard InChI is InChI=1S/C14H13N3O.C10H13F.C4H9N/c1-11(18)14-8-16-17(10-14)9-13-4-2-12(3-5-13)6-7-15;1-3-4-9-6-5-8(2)10(11)7-9;1-4(2)3-5/h2-5,8,10H,6,9H2,1H3;5-7H,3-4H2,1-2H3;3H,5H2,1-2H3. The maximum atomic E-state index is 12.9. The van der Waals surface area contributed by atoms with Gasteiger partial charge in [-0.05, 0) is 68.6 Å². The van der Waals surface area contributed by atoms with E-state index in [1.54, 1.807) is 36.3 Å². The van der Waals surface area contributed by atoms with Crippen molar-refractivity contribution in [2.45, 2.75) is 60.4 Å². The smallest absolute Gasteiger partial charge is 0.162 e. The van der Waals surface area contributed by atoms with Crippen LogP contribution in [0.25, 0.3) is 0 Å². The molecule has 2 N–H and O–H groups in total. The normalized spacial score (nSPS) is 9.56. The van der Waals surface area contributed by atoms with Crippen LogP contribution in [0.3, 0.4) is 0 Å². The second-order valence-corrected chi connectivity index (χ2v) is 8.21. The summed E-state index contributed by atoms with van der Waals surface area (Å²) in [6.45, 7) is 9.95. The number of benzene rings is 2. The number of aryl methyl sites for hydroxylation is 2. The summed E-state index contributed by atoms with van der Waals surface area (Å²) in [7, 11) is 0. The van der Waals surface area contributed by atoms with E-state index < -0.39 is 0 Å². The lowest BCUT2D eigenvalue weighted by Crippen LogP contribution is -2.00. The average molecular weight is 463 g/mol. The largest absolute Gasteiger partial charge is 0.405 e. The lowest BCUT2D eigenvalue weighted by Gasteiger charge is -2.02. The Morgan fingerprint density at radius 3 is 2.18 bits per heavy atom. The Labute approximate surface area is 202 Å². The molecule has 0 bridgehead atoms. The number of Topliss-reactive ketones (excluding diaryl/α,β-unsaturated/α-hetero) is 1. The Hall–Kier alpha value is -3.72. The number of ketones is 1. The fourth-order valence-electron chi connectivity index (χ4n) is 2.75. The van der Waals surface area contributed by atoms with Crippen molar-refractivity contribution in [1.82, 2.24) is 9.78 Å². The Kier molecular flexibility index (Phi) is 12.6. The van der Waals surface area contributed by atoms with Crippen molar-refractivity contribution >= 4 is 5.78 Å². The summed E-state index contributed by atoms with van der Waals surface area (Å²) in [6, 6.07) is 15.4. The zero-order valence-electron chi connectivity index (χ0n) is 20.8. The van der Waals surface area contributed by atoms with Gasteiger partial charge in [0.15, 0.2) is 5.78 Å². The average Bonchev–Trinajstić information content (AvgIpc) is 3.28. The molecule has 0 unspecified atom stereocenters. The second kappa shape index (κ2) is 15.2. The van der Waals surface area contributed by atoms with Gasteiger partial charge in [-0.3, -0.25) is 9.48 Å². The number of aromatic nitrogens is 2. The van der Waals surface area contributed by atoms with E-state index >= 15 is 0 Å². The van der Waals surface area contributed by atoms with Crippen LogP contribution in [-0.4, -0.2) is 15.6 Å². The Bertz CT molecular complexity index is 1100. The van der Waals surface area contributed by atoms with E-state index in [0.29, 0.717) is 18.5 Å². The minimum absolute atomic E-state index is 0.0191. The molecule has 3 aromatic rings. The summed E-state index contributed by atoms with van der Waals surface area (Å²) in [6.07, 6.45) is 7.37. The van der Waals surface area contributed by atoms with Crippen LogP contribution in [0.2, 0.25) is 0 Å². The molecular weight excluding hydrogens is 427 g/mol. The molecule has 0 aliphatic rings. The van der Waals surface area contributed by atoms with Crippen LogP contribution in [0.4, 0.5) is 4.39 Å². The molecule has 0 spiro atoms. The molecule has 0 saturated heterocycles. The third-order valence-corrected chi connectivity index (χ3v) is 4.80. The summed E-state index contributed by atoms with van der Waals surface area (Å²) >= 11 is 0. The van der Waals surface area contributed by atoms with Gasteiger partial charge in [-0.1, -0.05) is 55.3 Å². The van der Waals surface area contributed by atoms with E-state index in [2.05, 4.69) is 18.1 Å². The van der Waals surface area contributed by atoms with Gasteiger partial charge in [0.25, 0.3) is 0 Å². The molecule has 1 aromatic heterocycles. The number of carbonyl (C=O) groups excluding carboxylic acids is 1. The van der Waals surface area contributed by atoms with Crippen molar-refractivity contribution in [2.24, 2.45) is 5.73 Å². The van der Waals surface area contributed by atoms with E-state index in [1.165, 1.54) is 6.92 Å². The molecule has 0 saturated carbocycles. The molecule has 0 radical (unpaired) electrons. The van der Waals surface area contributed by atoms with E-state index in [0.717, 1.165) is 40.7 Å². The molecule has 0 amide bonds. The quantitative estimate of drug-likeness (QED) is 0.445. The van der Waals surface area contributed by atoms with Crippen molar-refractivity contribution in [3.05, 3.63) is 100 Å². The predicted molar refractivity (Wildman–Crippen MR) is 136 cm³/mol. The van der Waals surface area contributed by atoms with Crippen LogP contribution in [0.1, 0.15) is 66.7 Å². The maximum Gasteiger partial charge on any atom is 0.162 e. The van der Waals surface area contributed by atoms with E-state index in [1.807, 2.05) is 50.2 Å². The van der Waals surface area contributed by atoms with E-state index in [-0.39, 0.29) is 11.6 Å². The van der Waals surface area contributed by atoms with E-state index in [4.69, 9.17) is 11.0 Å².